The molecule has 4 nitrogen and oxygen atoms in total. The summed E-state index contributed by atoms with van der Waals surface area (Å²) in [7, 11) is 0. The Hall–Kier alpha value is -0.710. The molecule has 0 aromatic heterocycles. The maximum atomic E-state index is 12.8. The second-order valence-corrected chi connectivity index (χ2v) is 7.65. The molecule has 0 aliphatic carbocycles. The molecule has 2 amide bonds. The van der Waals surface area contributed by atoms with Crippen molar-refractivity contribution in [1.29, 1.82) is 0 Å². The molecule has 1 aliphatic rings. The van der Waals surface area contributed by atoms with Gasteiger partial charge in [-0.15, -0.1) is 0 Å². The summed E-state index contributed by atoms with van der Waals surface area (Å²) in [6, 6.07) is -0.740. The lowest BCUT2D eigenvalue weighted by molar-refractivity contribution is -0.154. The lowest BCUT2D eigenvalue weighted by Crippen LogP contribution is -2.68. The van der Waals surface area contributed by atoms with Crippen LogP contribution in [0, 0.1) is 11.3 Å². The van der Waals surface area contributed by atoms with E-state index in [2.05, 4.69) is 12.2 Å². The standard InChI is InChI=1S/C15H28N2O2S/c1-7-10(2)11-13(18)16-12(15(3,4)5)14(19)17(11)8-9-20-6/h10-12H,7-9H2,1-6H3,(H,16,18). The Morgan fingerprint density at radius 2 is 1.95 bits per heavy atom. The minimum absolute atomic E-state index is 0.0000203. The van der Waals surface area contributed by atoms with E-state index in [0.717, 1.165) is 12.2 Å². The first kappa shape index (κ1) is 17.3. The molecule has 1 saturated heterocycles. The molecule has 0 saturated carbocycles. The van der Waals surface area contributed by atoms with Crippen molar-refractivity contribution in [2.24, 2.45) is 11.3 Å². The average molecular weight is 300 g/mol. The van der Waals surface area contributed by atoms with E-state index in [9.17, 15) is 9.59 Å². The summed E-state index contributed by atoms with van der Waals surface area (Å²) in [4.78, 5) is 27.0. The normalized spacial score (nSPS) is 25.6. The first-order chi connectivity index (χ1) is 9.23. The third-order valence-electron chi connectivity index (χ3n) is 4.01. The van der Waals surface area contributed by atoms with Crippen LogP contribution in [-0.2, 0) is 9.59 Å². The number of carbonyl (C=O) groups is 2. The third-order valence-corrected chi connectivity index (χ3v) is 4.60. The number of piperazine rings is 1. The van der Waals surface area contributed by atoms with E-state index < -0.39 is 6.04 Å². The van der Waals surface area contributed by atoms with E-state index in [1.165, 1.54) is 0 Å². The maximum absolute atomic E-state index is 12.8. The summed E-state index contributed by atoms with van der Waals surface area (Å²) >= 11 is 1.70. The van der Waals surface area contributed by atoms with Gasteiger partial charge in [0.15, 0.2) is 0 Å². The molecule has 1 fully saturated rings. The molecule has 0 spiro atoms. The van der Waals surface area contributed by atoms with Crippen LogP contribution in [0.5, 0.6) is 0 Å². The van der Waals surface area contributed by atoms with Crippen LogP contribution in [0.4, 0.5) is 0 Å². The van der Waals surface area contributed by atoms with E-state index in [1.807, 2.05) is 34.0 Å². The van der Waals surface area contributed by atoms with E-state index in [-0.39, 0.29) is 29.2 Å². The Morgan fingerprint density at radius 3 is 2.40 bits per heavy atom. The highest BCUT2D eigenvalue weighted by atomic mass is 32.2. The lowest BCUT2D eigenvalue weighted by Gasteiger charge is -2.45. The van der Waals surface area contributed by atoms with Gasteiger partial charge in [-0.2, -0.15) is 11.8 Å². The molecule has 3 unspecified atom stereocenters. The molecule has 0 bridgehead atoms. The smallest absolute Gasteiger partial charge is 0.246 e. The predicted octanol–water partition coefficient (Wildman–Crippen LogP) is 2.14. The predicted molar refractivity (Wildman–Crippen MR) is 84.7 cm³/mol. The zero-order valence-corrected chi connectivity index (χ0v) is 14.3. The second-order valence-electron chi connectivity index (χ2n) is 6.66. The van der Waals surface area contributed by atoms with Crippen molar-refractivity contribution >= 4 is 23.6 Å². The van der Waals surface area contributed by atoms with Crippen LogP contribution < -0.4 is 5.32 Å². The number of hydrogen-bond acceptors (Lipinski definition) is 3. The molecule has 20 heavy (non-hydrogen) atoms. The minimum atomic E-state index is -0.419. The first-order valence-electron chi connectivity index (χ1n) is 7.33. The Morgan fingerprint density at radius 1 is 1.35 bits per heavy atom. The van der Waals surface area contributed by atoms with Crippen molar-refractivity contribution < 1.29 is 9.59 Å². The van der Waals surface area contributed by atoms with Crippen molar-refractivity contribution in [3.63, 3.8) is 0 Å². The van der Waals surface area contributed by atoms with Crippen LogP contribution in [0.1, 0.15) is 41.0 Å². The second kappa shape index (κ2) is 6.83. The molecule has 0 aromatic rings. The van der Waals surface area contributed by atoms with E-state index >= 15 is 0 Å². The Balaban J connectivity index is 3.04. The maximum Gasteiger partial charge on any atom is 0.246 e. The summed E-state index contributed by atoms with van der Waals surface area (Å²) in [6.45, 7) is 10.7. The van der Waals surface area contributed by atoms with Gasteiger partial charge in [0.05, 0.1) is 0 Å². The molecule has 0 aromatic carbocycles. The van der Waals surface area contributed by atoms with Crippen LogP contribution in [-0.4, -0.2) is 47.4 Å². The third kappa shape index (κ3) is 3.68. The van der Waals surface area contributed by atoms with Crippen LogP contribution in [0.3, 0.4) is 0 Å². The van der Waals surface area contributed by atoms with Crippen LogP contribution >= 0.6 is 11.8 Å². The molecule has 116 valence electrons. The molecule has 1 aliphatic heterocycles. The van der Waals surface area contributed by atoms with E-state index in [1.54, 1.807) is 16.7 Å². The number of rotatable bonds is 5. The summed E-state index contributed by atoms with van der Waals surface area (Å²) in [5, 5.41) is 2.94. The van der Waals surface area contributed by atoms with Crippen LogP contribution in [0.25, 0.3) is 0 Å². The fraction of sp³-hybridized carbons (Fsp3) is 0.867. The Kier molecular flexibility index (Phi) is 5.92. The molecule has 1 N–H and O–H groups in total. The highest BCUT2D eigenvalue weighted by Gasteiger charge is 2.46. The van der Waals surface area contributed by atoms with Crippen molar-refractivity contribution in [2.45, 2.75) is 53.1 Å². The number of amides is 2. The summed E-state index contributed by atoms with van der Waals surface area (Å²) < 4.78 is 0. The lowest BCUT2D eigenvalue weighted by atomic mass is 9.82. The van der Waals surface area contributed by atoms with Gasteiger partial charge < -0.3 is 10.2 Å². The quantitative estimate of drug-likeness (QED) is 0.846. The molecule has 0 radical (unpaired) electrons. The average Bonchev–Trinajstić information content (AvgIpc) is 2.36. The monoisotopic (exact) mass is 300 g/mol. The van der Waals surface area contributed by atoms with Gasteiger partial charge in [0.1, 0.15) is 12.1 Å². The van der Waals surface area contributed by atoms with Crippen LogP contribution in [0.2, 0.25) is 0 Å². The molecule has 5 heteroatoms. The number of hydrogen-bond donors (Lipinski definition) is 1. The minimum Gasteiger partial charge on any atom is -0.342 e. The van der Waals surface area contributed by atoms with Crippen molar-refractivity contribution in [3.05, 3.63) is 0 Å². The largest absolute Gasteiger partial charge is 0.342 e. The van der Waals surface area contributed by atoms with Gasteiger partial charge in [-0.05, 0) is 17.6 Å². The van der Waals surface area contributed by atoms with Crippen LogP contribution in [0.15, 0.2) is 0 Å². The van der Waals surface area contributed by atoms with Crippen molar-refractivity contribution in [1.82, 2.24) is 10.2 Å². The Labute approximate surface area is 127 Å². The molecule has 1 heterocycles. The van der Waals surface area contributed by atoms with E-state index in [4.69, 9.17) is 0 Å². The number of nitrogens with one attached hydrogen (secondary N) is 1. The van der Waals surface area contributed by atoms with Crippen molar-refractivity contribution in [2.75, 3.05) is 18.6 Å². The van der Waals surface area contributed by atoms with Gasteiger partial charge in [0.25, 0.3) is 0 Å². The zero-order chi connectivity index (χ0) is 15.5. The summed E-state index contributed by atoms with van der Waals surface area (Å²) in [6.07, 6.45) is 2.91. The summed E-state index contributed by atoms with van der Waals surface area (Å²) in [5.41, 5.74) is -0.259. The molecule has 3 atom stereocenters. The van der Waals surface area contributed by atoms with Gasteiger partial charge >= 0.3 is 0 Å². The highest BCUT2D eigenvalue weighted by Crippen LogP contribution is 2.28. The molecular weight excluding hydrogens is 272 g/mol. The number of thioether (sulfide) groups is 1. The molecule has 1 rings (SSSR count). The van der Waals surface area contributed by atoms with Gasteiger partial charge in [-0.1, -0.05) is 41.0 Å². The number of nitrogens with zero attached hydrogens (tertiary/aromatic N) is 1. The fourth-order valence-corrected chi connectivity index (χ4v) is 2.93. The van der Waals surface area contributed by atoms with E-state index in [0.29, 0.717) is 6.54 Å². The SMILES string of the molecule is CCC(C)C1C(=O)NC(C(C)(C)C)C(=O)N1CCSC. The number of carbonyl (C=O) groups excluding carboxylic acids is 2. The highest BCUT2D eigenvalue weighted by molar-refractivity contribution is 7.98. The van der Waals surface area contributed by atoms with Gasteiger partial charge in [-0.25, -0.2) is 0 Å². The fourth-order valence-electron chi connectivity index (χ4n) is 2.55. The van der Waals surface area contributed by atoms with Gasteiger partial charge in [0.2, 0.25) is 11.8 Å². The first-order valence-corrected chi connectivity index (χ1v) is 8.73. The zero-order valence-electron chi connectivity index (χ0n) is 13.5. The molecular formula is C15H28N2O2S. The van der Waals surface area contributed by atoms with Crippen molar-refractivity contribution in [3.8, 4) is 0 Å². The van der Waals surface area contributed by atoms with Gasteiger partial charge in [-0.3, -0.25) is 9.59 Å². The topological polar surface area (TPSA) is 49.4 Å². The van der Waals surface area contributed by atoms with Gasteiger partial charge in [0, 0.05) is 12.3 Å². The summed E-state index contributed by atoms with van der Waals surface area (Å²) in [5.74, 6) is 1.11. The Bertz CT molecular complexity index is 365.